The number of methoxy groups -OCH3 is 1. The second-order valence-corrected chi connectivity index (χ2v) is 5.00. The zero-order valence-corrected chi connectivity index (χ0v) is 13.1. The van der Waals surface area contributed by atoms with E-state index in [0.29, 0.717) is 30.0 Å². The number of aryl methyl sites for hydroxylation is 1. The summed E-state index contributed by atoms with van der Waals surface area (Å²) in [6.07, 6.45) is 4.35. The molecule has 0 aliphatic carbocycles. The van der Waals surface area contributed by atoms with Crippen LogP contribution in [-0.4, -0.2) is 23.9 Å². The van der Waals surface area contributed by atoms with E-state index in [9.17, 15) is 9.59 Å². The third-order valence-corrected chi connectivity index (χ3v) is 3.18. The predicted octanol–water partition coefficient (Wildman–Crippen LogP) is 2.62. The Morgan fingerprint density at radius 1 is 1.17 bits per heavy atom. The van der Waals surface area contributed by atoms with Gasteiger partial charge in [0.1, 0.15) is 5.75 Å². The van der Waals surface area contributed by atoms with Crippen molar-refractivity contribution in [2.45, 2.75) is 19.8 Å². The van der Waals surface area contributed by atoms with Crippen molar-refractivity contribution in [2.24, 2.45) is 0 Å². The molecule has 0 saturated heterocycles. The number of hydrogen-bond donors (Lipinski definition) is 2. The zero-order valence-electron chi connectivity index (χ0n) is 13.1. The summed E-state index contributed by atoms with van der Waals surface area (Å²) in [6, 6.07) is 8.85. The monoisotopic (exact) mass is 313 g/mol. The summed E-state index contributed by atoms with van der Waals surface area (Å²) in [4.78, 5) is 27.4. The number of carbonyl (C=O) groups excluding carboxylic acids is 2. The Labute approximate surface area is 134 Å². The molecule has 1 aromatic heterocycles. The molecule has 0 spiro atoms. The molecule has 6 heteroatoms. The lowest BCUT2D eigenvalue weighted by Gasteiger charge is -2.13. The van der Waals surface area contributed by atoms with Crippen LogP contribution >= 0.6 is 0 Å². The molecule has 0 radical (unpaired) electrons. The number of rotatable bonds is 6. The Bertz CT molecular complexity index is 687. The molecule has 0 unspecified atom stereocenters. The van der Waals surface area contributed by atoms with E-state index < -0.39 is 0 Å². The maximum Gasteiger partial charge on any atom is 0.224 e. The van der Waals surface area contributed by atoms with Gasteiger partial charge in [0.15, 0.2) is 0 Å². The average molecular weight is 313 g/mol. The van der Waals surface area contributed by atoms with Gasteiger partial charge < -0.3 is 15.4 Å². The molecule has 0 atom stereocenters. The lowest BCUT2D eigenvalue weighted by Crippen LogP contribution is -2.15. The molecule has 6 nitrogen and oxygen atoms in total. The third-order valence-electron chi connectivity index (χ3n) is 3.18. The normalized spacial score (nSPS) is 10.0. The van der Waals surface area contributed by atoms with Crippen LogP contribution in [0.1, 0.15) is 18.9 Å². The number of hydrogen-bond acceptors (Lipinski definition) is 4. The van der Waals surface area contributed by atoms with E-state index in [1.807, 2.05) is 12.1 Å². The lowest BCUT2D eigenvalue weighted by molar-refractivity contribution is -0.116. The first-order valence-corrected chi connectivity index (χ1v) is 7.23. The van der Waals surface area contributed by atoms with Gasteiger partial charge >= 0.3 is 0 Å². The van der Waals surface area contributed by atoms with Crippen LogP contribution in [0.25, 0.3) is 0 Å². The summed E-state index contributed by atoms with van der Waals surface area (Å²) in [5, 5.41) is 5.49. The van der Waals surface area contributed by atoms with Crippen LogP contribution in [-0.2, 0) is 16.0 Å². The van der Waals surface area contributed by atoms with Gasteiger partial charge in [-0.15, -0.1) is 0 Å². The summed E-state index contributed by atoms with van der Waals surface area (Å²) in [6.45, 7) is 1.41. The van der Waals surface area contributed by atoms with Crippen molar-refractivity contribution in [3.8, 4) is 5.75 Å². The molecule has 1 aromatic carbocycles. The van der Waals surface area contributed by atoms with Crippen molar-refractivity contribution in [1.29, 1.82) is 0 Å². The van der Waals surface area contributed by atoms with E-state index in [-0.39, 0.29) is 11.8 Å². The Morgan fingerprint density at radius 2 is 2.00 bits per heavy atom. The number of anilines is 2. The highest BCUT2D eigenvalue weighted by molar-refractivity contribution is 5.99. The highest BCUT2D eigenvalue weighted by Gasteiger charge is 2.10. The van der Waals surface area contributed by atoms with Gasteiger partial charge in [-0.05, 0) is 30.2 Å². The lowest BCUT2D eigenvalue weighted by atomic mass is 10.1. The first-order chi connectivity index (χ1) is 11.1. The van der Waals surface area contributed by atoms with Crippen LogP contribution in [0.15, 0.2) is 42.7 Å². The molecular formula is C17H19N3O3. The molecule has 23 heavy (non-hydrogen) atoms. The van der Waals surface area contributed by atoms with Crippen LogP contribution in [0.2, 0.25) is 0 Å². The summed E-state index contributed by atoms with van der Waals surface area (Å²) < 4.78 is 5.15. The van der Waals surface area contributed by atoms with Crippen molar-refractivity contribution in [1.82, 2.24) is 4.98 Å². The molecule has 1 heterocycles. The molecule has 0 bridgehead atoms. The molecule has 0 saturated carbocycles. The maximum absolute atomic E-state index is 12.1. The molecule has 2 N–H and O–H groups in total. The minimum Gasteiger partial charge on any atom is -0.497 e. The smallest absolute Gasteiger partial charge is 0.224 e. The minimum absolute atomic E-state index is 0.145. The van der Waals surface area contributed by atoms with Crippen molar-refractivity contribution >= 4 is 23.2 Å². The third kappa shape index (κ3) is 5.10. The van der Waals surface area contributed by atoms with Gasteiger partial charge in [-0.25, -0.2) is 0 Å². The fraction of sp³-hybridized carbons (Fsp3) is 0.235. The van der Waals surface area contributed by atoms with E-state index in [4.69, 9.17) is 4.74 Å². The predicted molar refractivity (Wildman–Crippen MR) is 88.5 cm³/mol. The van der Waals surface area contributed by atoms with Gasteiger partial charge in [-0.2, -0.15) is 0 Å². The summed E-state index contributed by atoms with van der Waals surface area (Å²) in [5.74, 6) is 0.247. The van der Waals surface area contributed by atoms with Crippen LogP contribution in [0.4, 0.5) is 11.4 Å². The fourth-order valence-corrected chi connectivity index (χ4v) is 2.07. The Morgan fingerprint density at radius 3 is 2.65 bits per heavy atom. The van der Waals surface area contributed by atoms with Gasteiger partial charge in [0.05, 0.1) is 18.5 Å². The number of carbonyl (C=O) groups is 2. The van der Waals surface area contributed by atoms with E-state index in [1.165, 1.54) is 6.92 Å². The van der Waals surface area contributed by atoms with Gasteiger partial charge in [-0.3, -0.25) is 14.6 Å². The van der Waals surface area contributed by atoms with E-state index in [0.717, 1.165) is 5.56 Å². The summed E-state index contributed by atoms with van der Waals surface area (Å²) in [5.41, 5.74) is 2.04. The molecule has 0 fully saturated rings. The Balaban J connectivity index is 2.04. The fourth-order valence-electron chi connectivity index (χ4n) is 2.07. The average Bonchev–Trinajstić information content (AvgIpc) is 2.55. The van der Waals surface area contributed by atoms with E-state index >= 15 is 0 Å². The van der Waals surface area contributed by atoms with Crippen LogP contribution in [0, 0.1) is 0 Å². The van der Waals surface area contributed by atoms with Crippen LogP contribution in [0.5, 0.6) is 5.75 Å². The topological polar surface area (TPSA) is 80.3 Å². The molecular weight excluding hydrogens is 294 g/mol. The number of aromatic nitrogens is 1. The van der Waals surface area contributed by atoms with Crippen molar-refractivity contribution in [3.05, 3.63) is 48.3 Å². The number of nitrogens with one attached hydrogen (secondary N) is 2. The number of pyridine rings is 1. The molecule has 120 valence electrons. The zero-order chi connectivity index (χ0) is 16.7. The SMILES string of the molecule is COc1ccc(NC(C)=O)c(NC(=O)CCc2cccnc2)c1. The molecule has 2 amide bonds. The Hall–Kier alpha value is -2.89. The van der Waals surface area contributed by atoms with Crippen molar-refractivity contribution in [2.75, 3.05) is 17.7 Å². The van der Waals surface area contributed by atoms with Gasteiger partial charge in [0, 0.05) is 31.8 Å². The van der Waals surface area contributed by atoms with Crippen LogP contribution in [0.3, 0.4) is 0 Å². The highest BCUT2D eigenvalue weighted by atomic mass is 16.5. The van der Waals surface area contributed by atoms with Crippen molar-refractivity contribution in [3.63, 3.8) is 0 Å². The quantitative estimate of drug-likeness (QED) is 0.859. The van der Waals surface area contributed by atoms with E-state index in [1.54, 1.807) is 37.7 Å². The van der Waals surface area contributed by atoms with Gasteiger partial charge in [0.2, 0.25) is 11.8 Å². The van der Waals surface area contributed by atoms with E-state index in [2.05, 4.69) is 15.6 Å². The second kappa shape index (κ2) is 7.93. The second-order valence-electron chi connectivity index (χ2n) is 5.00. The number of benzene rings is 1. The highest BCUT2D eigenvalue weighted by Crippen LogP contribution is 2.27. The largest absolute Gasteiger partial charge is 0.497 e. The summed E-state index contributed by atoms with van der Waals surface area (Å²) in [7, 11) is 1.54. The first kappa shape index (κ1) is 16.5. The number of amides is 2. The molecule has 0 aliphatic rings. The van der Waals surface area contributed by atoms with Crippen LogP contribution < -0.4 is 15.4 Å². The van der Waals surface area contributed by atoms with Gasteiger partial charge in [0.25, 0.3) is 0 Å². The first-order valence-electron chi connectivity index (χ1n) is 7.23. The molecule has 2 aromatic rings. The summed E-state index contributed by atoms with van der Waals surface area (Å²) >= 11 is 0. The standard InChI is InChI=1S/C17H19N3O3/c1-12(21)19-15-7-6-14(23-2)10-16(15)20-17(22)8-5-13-4-3-9-18-11-13/h3-4,6-7,9-11H,5,8H2,1-2H3,(H,19,21)(H,20,22). The number of nitrogens with zero attached hydrogens (tertiary/aromatic N) is 1. The molecule has 0 aliphatic heterocycles. The Kier molecular flexibility index (Phi) is 5.68. The maximum atomic E-state index is 12.1. The molecule has 2 rings (SSSR count). The van der Waals surface area contributed by atoms with Gasteiger partial charge in [-0.1, -0.05) is 6.07 Å². The van der Waals surface area contributed by atoms with Crippen molar-refractivity contribution < 1.29 is 14.3 Å². The minimum atomic E-state index is -0.207. The number of ether oxygens (including phenoxy) is 1.